The summed E-state index contributed by atoms with van der Waals surface area (Å²) in [6, 6.07) is 4.29. The summed E-state index contributed by atoms with van der Waals surface area (Å²) in [4.78, 5) is 26.8. The molecular weight excluding hydrogens is 252 g/mol. The number of carbonyl (C=O) groups excluding carboxylic acids is 1. The number of carbonyl (C=O) groups is 2. The number of nitrogens with zero attached hydrogens (tertiary/aromatic N) is 1. The van der Waals surface area contributed by atoms with E-state index in [0.29, 0.717) is 11.4 Å². The van der Waals surface area contributed by atoms with Crippen LogP contribution in [0.4, 0.5) is 0 Å². The highest BCUT2D eigenvalue weighted by Gasteiger charge is 2.23. The van der Waals surface area contributed by atoms with Crippen LogP contribution in [0.3, 0.4) is 0 Å². The van der Waals surface area contributed by atoms with Gasteiger partial charge in [-0.2, -0.15) is 12.6 Å². The number of aromatic nitrogens is 1. The number of pyridine rings is 1. The molecular formula is C12H16N2O3S. The molecule has 1 rings (SSSR count). The zero-order valence-corrected chi connectivity index (χ0v) is 10.9. The second-order valence-corrected chi connectivity index (χ2v) is 4.37. The van der Waals surface area contributed by atoms with Crippen LogP contribution in [0.2, 0.25) is 0 Å². The summed E-state index contributed by atoms with van der Waals surface area (Å²) in [5.41, 5.74) is 0.628. The maximum atomic E-state index is 11.6. The van der Waals surface area contributed by atoms with E-state index in [1.165, 1.54) is 0 Å². The summed E-state index contributed by atoms with van der Waals surface area (Å²) in [6.07, 6.45) is 1.76. The normalized spacial score (nSPS) is 13.7. The maximum Gasteiger partial charge on any atom is 0.326 e. The number of hydrogen-bond acceptors (Lipinski definition) is 4. The van der Waals surface area contributed by atoms with Gasteiger partial charge in [0.25, 0.3) is 0 Å². The topological polar surface area (TPSA) is 79.3 Å². The molecule has 0 saturated heterocycles. The molecule has 2 atom stereocenters. The highest BCUT2D eigenvalue weighted by atomic mass is 32.1. The molecule has 5 nitrogen and oxygen atoms in total. The first-order valence-electron chi connectivity index (χ1n) is 5.58. The molecule has 0 fully saturated rings. The fourth-order valence-electron chi connectivity index (χ4n) is 1.32. The van der Waals surface area contributed by atoms with Crippen molar-refractivity contribution in [2.24, 2.45) is 5.92 Å². The number of carboxylic acids is 1. The quantitative estimate of drug-likeness (QED) is 0.666. The molecule has 1 aromatic heterocycles. The van der Waals surface area contributed by atoms with Gasteiger partial charge in [0.15, 0.2) is 0 Å². The van der Waals surface area contributed by atoms with Crippen LogP contribution in [0.15, 0.2) is 24.4 Å². The highest BCUT2D eigenvalue weighted by molar-refractivity contribution is 7.80. The molecule has 1 heterocycles. The lowest BCUT2D eigenvalue weighted by molar-refractivity contribution is -0.142. The molecule has 0 aromatic carbocycles. The molecule has 0 spiro atoms. The number of hydrogen-bond donors (Lipinski definition) is 3. The third-order valence-electron chi connectivity index (χ3n) is 2.48. The fourth-order valence-corrected chi connectivity index (χ4v) is 1.49. The van der Waals surface area contributed by atoms with Gasteiger partial charge in [-0.1, -0.05) is 13.0 Å². The Morgan fingerprint density at radius 3 is 2.72 bits per heavy atom. The van der Waals surface area contributed by atoms with Gasteiger partial charge in [0.2, 0.25) is 5.91 Å². The lowest BCUT2D eigenvalue weighted by Gasteiger charge is -2.16. The van der Waals surface area contributed by atoms with Gasteiger partial charge < -0.3 is 10.4 Å². The SMILES string of the molecule is CC(CS)C(=O)N[C@@H](Cc1ccccn1)C(=O)O. The van der Waals surface area contributed by atoms with E-state index in [0.717, 1.165) is 0 Å². The number of thiol groups is 1. The van der Waals surface area contributed by atoms with Crippen molar-refractivity contribution < 1.29 is 14.7 Å². The molecule has 0 aliphatic heterocycles. The van der Waals surface area contributed by atoms with Gasteiger partial charge in [-0.3, -0.25) is 9.78 Å². The first-order valence-corrected chi connectivity index (χ1v) is 6.21. The molecule has 0 aliphatic carbocycles. The van der Waals surface area contributed by atoms with Gasteiger partial charge in [0.05, 0.1) is 0 Å². The predicted octanol–water partition coefficient (Wildman–Crippen LogP) is 0.759. The molecule has 0 radical (unpaired) electrons. The number of amides is 1. The van der Waals surface area contributed by atoms with Crippen molar-refractivity contribution in [2.45, 2.75) is 19.4 Å². The van der Waals surface area contributed by atoms with Gasteiger partial charge in [0, 0.05) is 30.0 Å². The Kier molecular flexibility index (Phi) is 5.64. The molecule has 2 N–H and O–H groups in total. The van der Waals surface area contributed by atoms with E-state index in [1.807, 2.05) is 0 Å². The summed E-state index contributed by atoms with van der Waals surface area (Å²) in [5, 5.41) is 11.6. The minimum Gasteiger partial charge on any atom is -0.480 e. The lowest BCUT2D eigenvalue weighted by Crippen LogP contribution is -2.44. The van der Waals surface area contributed by atoms with Crippen molar-refractivity contribution in [1.82, 2.24) is 10.3 Å². The zero-order valence-electron chi connectivity index (χ0n) is 10.0. The molecule has 1 unspecified atom stereocenters. The minimum absolute atomic E-state index is 0.168. The van der Waals surface area contributed by atoms with Crippen molar-refractivity contribution in [3.05, 3.63) is 30.1 Å². The van der Waals surface area contributed by atoms with E-state index in [-0.39, 0.29) is 18.2 Å². The molecule has 0 aliphatic rings. The van der Waals surface area contributed by atoms with Crippen molar-refractivity contribution in [2.75, 3.05) is 5.75 Å². The Hall–Kier alpha value is -1.56. The van der Waals surface area contributed by atoms with Gasteiger partial charge in [0.1, 0.15) is 6.04 Å². The maximum absolute atomic E-state index is 11.6. The Morgan fingerprint density at radius 1 is 1.50 bits per heavy atom. The van der Waals surface area contributed by atoms with Gasteiger partial charge in [-0.15, -0.1) is 0 Å². The van der Waals surface area contributed by atoms with Crippen molar-refractivity contribution in [1.29, 1.82) is 0 Å². The van der Waals surface area contributed by atoms with Crippen LogP contribution in [-0.4, -0.2) is 33.8 Å². The number of carboxylic acid groups (broad SMARTS) is 1. The Labute approximate surface area is 111 Å². The van der Waals surface area contributed by atoms with Crippen LogP contribution >= 0.6 is 12.6 Å². The number of nitrogens with one attached hydrogen (secondary N) is 1. The van der Waals surface area contributed by atoms with Gasteiger partial charge in [-0.05, 0) is 12.1 Å². The summed E-state index contributed by atoms with van der Waals surface area (Å²) in [7, 11) is 0. The predicted molar refractivity (Wildman–Crippen MR) is 70.5 cm³/mol. The van der Waals surface area contributed by atoms with Crippen molar-refractivity contribution in [3.8, 4) is 0 Å². The third kappa shape index (κ3) is 4.37. The summed E-state index contributed by atoms with van der Waals surface area (Å²) < 4.78 is 0. The standard InChI is InChI=1S/C12H16N2O3S/c1-8(7-18)11(15)14-10(12(16)17)6-9-4-2-3-5-13-9/h2-5,8,10,18H,6-7H2,1H3,(H,14,15)(H,16,17)/t8?,10-/m0/s1. The molecule has 1 aromatic rings. The molecule has 0 saturated carbocycles. The Balaban J connectivity index is 2.67. The van der Waals surface area contributed by atoms with Crippen molar-refractivity contribution >= 4 is 24.5 Å². The molecule has 1 amide bonds. The van der Waals surface area contributed by atoms with E-state index in [9.17, 15) is 9.59 Å². The third-order valence-corrected chi connectivity index (χ3v) is 3.02. The minimum atomic E-state index is -1.07. The second kappa shape index (κ2) is 7.00. The van der Waals surface area contributed by atoms with E-state index in [2.05, 4.69) is 22.9 Å². The van der Waals surface area contributed by atoms with Gasteiger partial charge >= 0.3 is 5.97 Å². The van der Waals surface area contributed by atoms with Crippen LogP contribution in [0, 0.1) is 5.92 Å². The largest absolute Gasteiger partial charge is 0.480 e. The highest BCUT2D eigenvalue weighted by Crippen LogP contribution is 2.03. The van der Waals surface area contributed by atoms with E-state index in [4.69, 9.17) is 5.11 Å². The Morgan fingerprint density at radius 2 is 2.22 bits per heavy atom. The van der Waals surface area contributed by atoms with E-state index in [1.54, 1.807) is 31.3 Å². The average molecular weight is 268 g/mol. The van der Waals surface area contributed by atoms with Crippen LogP contribution in [0.1, 0.15) is 12.6 Å². The van der Waals surface area contributed by atoms with Crippen LogP contribution in [-0.2, 0) is 16.0 Å². The number of rotatable bonds is 6. The zero-order chi connectivity index (χ0) is 13.5. The summed E-state index contributed by atoms with van der Waals surface area (Å²) in [5.74, 6) is -1.32. The summed E-state index contributed by atoms with van der Waals surface area (Å²) in [6.45, 7) is 1.70. The van der Waals surface area contributed by atoms with Crippen molar-refractivity contribution in [3.63, 3.8) is 0 Å². The molecule has 0 bridgehead atoms. The first kappa shape index (κ1) is 14.5. The molecule has 18 heavy (non-hydrogen) atoms. The second-order valence-electron chi connectivity index (χ2n) is 4.01. The molecule has 98 valence electrons. The van der Waals surface area contributed by atoms with Gasteiger partial charge in [-0.25, -0.2) is 4.79 Å². The van der Waals surface area contributed by atoms with Crippen LogP contribution in [0.25, 0.3) is 0 Å². The first-order chi connectivity index (χ1) is 8.54. The number of aliphatic carboxylic acids is 1. The van der Waals surface area contributed by atoms with Crippen LogP contribution in [0.5, 0.6) is 0 Å². The fraction of sp³-hybridized carbons (Fsp3) is 0.417. The average Bonchev–Trinajstić information content (AvgIpc) is 2.37. The van der Waals surface area contributed by atoms with E-state index >= 15 is 0 Å². The van der Waals surface area contributed by atoms with Crippen LogP contribution < -0.4 is 5.32 Å². The van der Waals surface area contributed by atoms with E-state index < -0.39 is 12.0 Å². The monoisotopic (exact) mass is 268 g/mol. The summed E-state index contributed by atoms with van der Waals surface area (Å²) >= 11 is 4.01. The molecule has 6 heteroatoms. The Bertz CT molecular complexity index is 411. The lowest BCUT2D eigenvalue weighted by atomic mass is 10.1. The smallest absolute Gasteiger partial charge is 0.326 e.